The monoisotopic (exact) mass is 221 g/mol. The quantitative estimate of drug-likeness (QED) is 0.801. The summed E-state index contributed by atoms with van der Waals surface area (Å²) in [7, 11) is 0. The highest BCUT2D eigenvalue weighted by Gasteiger charge is 2.11. The minimum absolute atomic E-state index is 0.568. The van der Waals surface area contributed by atoms with Crippen LogP contribution in [0.25, 0.3) is 0 Å². The van der Waals surface area contributed by atoms with Crippen LogP contribution in [-0.2, 0) is 6.42 Å². The van der Waals surface area contributed by atoms with Gasteiger partial charge in [0.25, 0.3) is 0 Å². The van der Waals surface area contributed by atoms with Crippen molar-refractivity contribution in [2.75, 3.05) is 13.2 Å². The lowest BCUT2D eigenvalue weighted by molar-refractivity contribution is 0.340. The normalized spacial score (nSPS) is 12.8. The van der Waals surface area contributed by atoms with Gasteiger partial charge in [0.1, 0.15) is 5.75 Å². The van der Waals surface area contributed by atoms with Gasteiger partial charge in [0.05, 0.1) is 6.61 Å². The fourth-order valence-corrected chi connectivity index (χ4v) is 1.78. The molecule has 0 spiro atoms. The van der Waals surface area contributed by atoms with Crippen molar-refractivity contribution in [1.82, 2.24) is 0 Å². The average Bonchev–Trinajstić information content (AvgIpc) is 2.28. The molecule has 0 aliphatic rings. The summed E-state index contributed by atoms with van der Waals surface area (Å²) in [5.41, 5.74) is 7.11. The Kier molecular flexibility index (Phi) is 5.33. The second kappa shape index (κ2) is 6.54. The molecule has 0 bridgehead atoms. The van der Waals surface area contributed by atoms with Crippen molar-refractivity contribution in [2.24, 2.45) is 17.6 Å². The highest BCUT2D eigenvalue weighted by molar-refractivity contribution is 5.27. The van der Waals surface area contributed by atoms with Gasteiger partial charge in [0, 0.05) is 0 Å². The van der Waals surface area contributed by atoms with Crippen LogP contribution in [0.2, 0.25) is 0 Å². The summed E-state index contributed by atoms with van der Waals surface area (Å²) >= 11 is 0. The molecule has 2 nitrogen and oxygen atoms in total. The van der Waals surface area contributed by atoms with Crippen LogP contribution in [0.1, 0.15) is 26.3 Å². The van der Waals surface area contributed by atoms with Gasteiger partial charge in [0.2, 0.25) is 0 Å². The van der Waals surface area contributed by atoms with Crippen molar-refractivity contribution in [3.8, 4) is 5.75 Å². The van der Waals surface area contributed by atoms with E-state index < -0.39 is 0 Å². The van der Waals surface area contributed by atoms with Gasteiger partial charge >= 0.3 is 0 Å². The van der Waals surface area contributed by atoms with Gasteiger partial charge in [0.15, 0.2) is 0 Å². The third-order valence-electron chi connectivity index (χ3n) is 2.98. The van der Waals surface area contributed by atoms with Crippen LogP contribution in [0.15, 0.2) is 24.3 Å². The molecule has 0 saturated heterocycles. The molecule has 1 rings (SSSR count). The highest BCUT2D eigenvalue weighted by Crippen LogP contribution is 2.18. The Labute approximate surface area is 98.8 Å². The van der Waals surface area contributed by atoms with Crippen molar-refractivity contribution < 1.29 is 4.74 Å². The zero-order valence-electron chi connectivity index (χ0n) is 10.6. The van der Waals surface area contributed by atoms with Crippen LogP contribution in [0.5, 0.6) is 5.75 Å². The lowest BCUT2D eigenvalue weighted by atomic mass is 9.89. The molecule has 0 aliphatic carbocycles. The van der Waals surface area contributed by atoms with Crippen molar-refractivity contribution in [3.05, 3.63) is 29.8 Å². The molecule has 2 heteroatoms. The van der Waals surface area contributed by atoms with E-state index in [0.29, 0.717) is 11.8 Å². The van der Waals surface area contributed by atoms with Crippen LogP contribution < -0.4 is 10.5 Å². The van der Waals surface area contributed by atoms with Crippen LogP contribution in [0.3, 0.4) is 0 Å². The van der Waals surface area contributed by atoms with Gasteiger partial charge in [-0.2, -0.15) is 0 Å². The standard InChI is InChI=1S/C14H23NO/c1-4-16-14-7-5-12(6-8-14)9-13(10-15)11(2)3/h5-8,11,13H,4,9-10,15H2,1-3H3. The largest absolute Gasteiger partial charge is 0.494 e. The van der Waals surface area contributed by atoms with Crippen molar-refractivity contribution in [1.29, 1.82) is 0 Å². The molecular formula is C14H23NO. The molecule has 0 saturated carbocycles. The second-order valence-electron chi connectivity index (χ2n) is 4.52. The van der Waals surface area contributed by atoms with Gasteiger partial charge in [-0.1, -0.05) is 26.0 Å². The molecule has 0 aliphatic heterocycles. The Bertz CT molecular complexity index is 292. The Morgan fingerprint density at radius 3 is 2.25 bits per heavy atom. The van der Waals surface area contributed by atoms with E-state index in [4.69, 9.17) is 10.5 Å². The van der Waals surface area contributed by atoms with E-state index in [1.165, 1.54) is 5.56 Å². The first kappa shape index (κ1) is 13.0. The summed E-state index contributed by atoms with van der Waals surface area (Å²) in [5.74, 6) is 2.15. The first-order valence-electron chi connectivity index (χ1n) is 6.09. The summed E-state index contributed by atoms with van der Waals surface area (Å²) in [5, 5.41) is 0. The highest BCUT2D eigenvalue weighted by atomic mass is 16.5. The predicted octanol–water partition coefficient (Wildman–Crippen LogP) is 2.86. The van der Waals surface area contributed by atoms with Crippen molar-refractivity contribution >= 4 is 0 Å². The molecule has 0 radical (unpaired) electrons. The fourth-order valence-electron chi connectivity index (χ4n) is 1.78. The Hall–Kier alpha value is -1.02. The lowest BCUT2D eigenvalue weighted by Crippen LogP contribution is -2.22. The van der Waals surface area contributed by atoms with Gasteiger partial charge in [-0.3, -0.25) is 0 Å². The van der Waals surface area contributed by atoms with E-state index in [9.17, 15) is 0 Å². The Morgan fingerprint density at radius 2 is 1.81 bits per heavy atom. The molecule has 1 aromatic rings. The van der Waals surface area contributed by atoms with Gasteiger partial charge in [-0.25, -0.2) is 0 Å². The molecule has 1 unspecified atom stereocenters. The number of benzene rings is 1. The zero-order chi connectivity index (χ0) is 12.0. The number of hydrogen-bond acceptors (Lipinski definition) is 2. The van der Waals surface area contributed by atoms with Crippen LogP contribution in [0.4, 0.5) is 0 Å². The van der Waals surface area contributed by atoms with Crippen molar-refractivity contribution in [3.63, 3.8) is 0 Å². The summed E-state index contributed by atoms with van der Waals surface area (Å²) in [4.78, 5) is 0. The van der Waals surface area contributed by atoms with Gasteiger partial charge < -0.3 is 10.5 Å². The minimum Gasteiger partial charge on any atom is -0.494 e. The predicted molar refractivity (Wildman–Crippen MR) is 68.7 cm³/mol. The molecule has 0 amide bonds. The van der Waals surface area contributed by atoms with E-state index in [0.717, 1.165) is 25.3 Å². The van der Waals surface area contributed by atoms with Crippen molar-refractivity contribution in [2.45, 2.75) is 27.2 Å². The molecule has 0 aromatic heterocycles. The van der Waals surface area contributed by atoms with Crippen LogP contribution >= 0.6 is 0 Å². The maximum Gasteiger partial charge on any atom is 0.119 e. The van der Waals surface area contributed by atoms with E-state index in [1.807, 2.05) is 19.1 Å². The minimum atomic E-state index is 0.568. The molecule has 0 fully saturated rings. The summed E-state index contributed by atoms with van der Waals surface area (Å²) in [6, 6.07) is 8.34. The van der Waals surface area contributed by atoms with E-state index in [2.05, 4.69) is 26.0 Å². The van der Waals surface area contributed by atoms with E-state index in [-0.39, 0.29) is 0 Å². The summed E-state index contributed by atoms with van der Waals surface area (Å²) in [6.07, 6.45) is 1.06. The molecule has 1 atom stereocenters. The first-order chi connectivity index (χ1) is 7.67. The van der Waals surface area contributed by atoms with Gasteiger partial charge in [-0.05, 0) is 49.4 Å². The number of ether oxygens (including phenoxy) is 1. The van der Waals surface area contributed by atoms with Gasteiger partial charge in [-0.15, -0.1) is 0 Å². The van der Waals surface area contributed by atoms with E-state index in [1.54, 1.807) is 0 Å². The fraction of sp³-hybridized carbons (Fsp3) is 0.571. The van der Waals surface area contributed by atoms with E-state index >= 15 is 0 Å². The molecular weight excluding hydrogens is 198 g/mol. The zero-order valence-corrected chi connectivity index (χ0v) is 10.6. The SMILES string of the molecule is CCOc1ccc(CC(CN)C(C)C)cc1. The van der Waals surface area contributed by atoms with Crippen LogP contribution in [-0.4, -0.2) is 13.2 Å². The topological polar surface area (TPSA) is 35.2 Å². The third-order valence-corrected chi connectivity index (χ3v) is 2.98. The van der Waals surface area contributed by atoms with Crippen LogP contribution in [0, 0.1) is 11.8 Å². The molecule has 2 N–H and O–H groups in total. The molecule has 90 valence electrons. The molecule has 0 heterocycles. The number of rotatable bonds is 6. The Balaban J connectivity index is 2.60. The summed E-state index contributed by atoms with van der Waals surface area (Å²) in [6.45, 7) is 7.93. The molecule has 1 aromatic carbocycles. The number of hydrogen-bond donors (Lipinski definition) is 1. The first-order valence-corrected chi connectivity index (χ1v) is 6.09. The third kappa shape index (κ3) is 3.86. The average molecular weight is 221 g/mol. The second-order valence-corrected chi connectivity index (χ2v) is 4.52. The number of nitrogens with two attached hydrogens (primary N) is 1. The lowest BCUT2D eigenvalue weighted by Gasteiger charge is -2.18. The molecule has 16 heavy (non-hydrogen) atoms. The Morgan fingerprint density at radius 1 is 1.19 bits per heavy atom. The maximum atomic E-state index is 5.77. The smallest absolute Gasteiger partial charge is 0.119 e. The summed E-state index contributed by atoms with van der Waals surface area (Å²) < 4.78 is 5.41. The maximum absolute atomic E-state index is 5.77.